The molecule has 0 amide bonds. The molecule has 0 radical (unpaired) electrons. The number of nitrogens with two attached hydrogens (primary N) is 1. The van der Waals surface area contributed by atoms with Crippen molar-refractivity contribution in [3.63, 3.8) is 0 Å². The molecule has 0 aliphatic carbocycles. The van der Waals surface area contributed by atoms with E-state index in [0.29, 0.717) is 36.1 Å². The molecule has 4 rings (SSSR count). The Labute approximate surface area is 193 Å². The van der Waals surface area contributed by atoms with Crippen molar-refractivity contribution in [1.82, 2.24) is 9.97 Å². The summed E-state index contributed by atoms with van der Waals surface area (Å²) in [5, 5.41) is 14.8. The first-order valence-electron chi connectivity index (χ1n) is 10.9. The number of hydrogen-bond donors (Lipinski definition) is 3. The molecule has 0 spiro atoms. The van der Waals surface area contributed by atoms with E-state index < -0.39 is 0 Å². The predicted molar refractivity (Wildman–Crippen MR) is 131 cm³/mol. The van der Waals surface area contributed by atoms with Crippen LogP contribution in [0.2, 0.25) is 0 Å². The van der Waals surface area contributed by atoms with E-state index in [1.54, 1.807) is 25.3 Å². The number of aromatic hydroxyl groups is 1. The van der Waals surface area contributed by atoms with E-state index in [1.165, 1.54) is 0 Å². The molecule has 1 heterocycles. The van der Waals surface area contributed by atoms with Gasteiger partial charge in [0.2, 0.25) is 0 Å². The summed E-state index contributed by atoms with van der Waals surface area (Å²) in [7, 11) is 1.63. The number of aromatic nitrogens is 2. The lowest BCUT2D eigenvalue weighted by atomic mass is 10.1. The van der Waals surface area contributed by atoms with Gasteiger partial charge in [-0.2, -0.15) is 0 Å². The summed E-state index contributed by atoms with van der Waals surface area (Å²) in [5.41, 5.74) is 8.33. The third kappa shape index (κ3) is 5.32. The maximum atomic E-state index is 10.6. The summed E-state index contributed by atoms with van der Waals surface area (Å²) in [5.74, 6) is 2.54. The molecule has 0 fully saturated rings. The molecule has 4 aromatic rings. The molecule has 0 aliphatic rings. The molecule has 1 atom stereocenters. The van der Waals surface area contributed by atoms with Gasteiger partial charge in [0.25, 0.3) is 0 Å². The van der Waals surface area contributed by atoms with E-state index in [1.807, 2.05) is 55.5 Å². The first-order chi connectivity index (χ1) is 16.1. The summed E-state index contributed by atoms with van der Waals surface area (Å²) < 4.78 is 11.2. The summed E-state index contributed by atoms with van der Waals surface area (Å²) in [4.78, 5) is 9.39. The minimum Gasteiger partial charge on any atom is -0.507 e. The first kappa shape index (κ1) is 22.4. The Morgan fingerprint density at radius 3 is 2.67 bits per heavy atom. The first-order valence-corrected chi connectivity index (χ1v) is 10.9. The fourth-order valence-corrected chi connectivity index (χ4v) is 3.42. The van der Waals surface area contributed by atoms with Gasteiger partial charge in [0, 0.05) is 18.0 Å². The molecule has 7 heteroatoms. The lowest BCUT2D eigenvalue weighted by Gasteiger charge is -2.15. The highest BCUT2D eigenvalue weighted by molar-refractivity contribution is 5.91. The number of rotatable bonds is 9. The van der Waals surface area contributed by atoms with E-state index in [9.17, 15) is 5.11 Å². The number of fused-ring (bicyclic) bond motifs is 1. The highest BCUT2D eigenvalue weighted by Crippen LogP contribution is 2.33. The number of benzene rings is 3. The standard InChI is InChI=1S/C26H28N4O3/c1-3-18(27)15-28-25-21-9-4-5-10-23(21)29-26(30-25)22-14-20(11-12-24(22)31)33-16-17-7-6-8-19(13-17)32-2/h4-14,18,31H,3,15-16,27H2,1-2H3,(H,28,29,30)/t18-/m1/s1. The van der Waals surface area contributed by atoms with Crippen molar-refractivity contribution in [3.8, 4) is 28.6 Å². The lowest BCUT2D eigenvalue weighted by molar-refractivity contribution is 0.305. The Bertz CT molecular complexity index is 1250. The predicted octanol–water partition coefficient (Wildman–Crippen LogP) is 4.74. The summed E-state index contributed by atoms with van der Waals surface area (Å²) in [6, 6.07) is 20.5. The maximum Gasteiger partial charge on any atom is 0.166 e. The molecule has 4 N–H and O–H groups in total. The van der Waals surface area contributed by atoms with Crippen molar-refractivity contribution in [3.05, 3.63) is 72.3 Å². The van der Waals surface area contributed by atoms with Gasteiger partial charge in [-0.15, -0.1) is 0 Å². The molecule has 0 saturated carbocycles. The molecule has 0 unspecified atom stereocenters. The van der Waals surface area contributed by atoms with Crippen molar-refractivity contribution < 1.29 is 14.6 Å². The Kier molecular flexibility index (Phi) is 6.90. The van der Waals surface area contributed by atoms with E-state index in [0.717, 1.165) is 28.6 Å². The largest absolute Gasteiger partial charge is 0.507 e. The number of hydrogen-bond acceptors (Lipinski definition) is 7. The number of nitrogens with one attached hydrogen (secondary N) is 1. The van der Waals surface area contributed by atoms with Gasteiger partial charge in [0.1, 0.15) is 29.7 Å². The van der Waals surface area contributed by atoms with Crippen LogP contribution in [0, 0.1) is 0 Å². The highest BCUT2D eigenvalue weighted by atomic mass is 16.5. The van der Waals surface area contributed by atoms with Crippen LogP contribution in [0.4, 0.5) is 5.82 Å². The second-order valence-electron chi connectivity index (χ2n) is 7.78. The third-order valence-electron chi connectivity index (χ3n) is 5.41. The highest BCUT2D eigenvalue weighted by Gasteiger charge is 2.14. The zero-order valence-electron chi connectivity index (χ0n) is 18.8. The van der Waals surface area contributed by atoms with Crippen molar-refractivity contribution in [1.29, 1.82) is 0 Å². The Morgan fingerprint density at radius 2 is 1.85 bits per heavy atom. The average molecular weight is 445 g/mol. The normalized spacial score (nSPS) is 11.8. The molecule has 7 nitrogen and oxygen atoms in total. The van der Waals surface area contributed by atoms with Gasteiger partial charge < -0.3 is 25.6 Å². The number of ether oxygens (including phenoxy) is 2. The maximum absolute atomic E-state index is 10.6. The van der Waals surface area contributed by atoms with E-state index in [2.05, 4.69) is 10.3 Å². The second kappa shape index (κ2) is 10.2. The topological polar surface area (TPSA) is 103 Å². The molecule has 33 heavy (non-hydrogen) atoms. The van der Waals surface area contributed by atoms with Crippen molar-refractivity contribution in [2.24, 2.45) is 5.73 Å². The van der Waals surface area contributed by atoms with Crippen LogP contribution in [-0.4, -0.2) is 34.8 Å². The molecule has 1 aromatic heterocycles. The summed E-state index contributed by atoms with van der Waals surface area (Å²) in [6.07, 6.45) is 0.857. The summed E-state index contributed by atoms with van der Waals surface area (Å²) >= 11 is 0. The van der Waals surface area contributed by atoms with E-state index in [4.69, 9.17) is 20.2 Å². The van der Waals surface area contributed by atoms with Gasteiger partial charge in [0.05, 0.1) is 18.2 Å². The average Bonchev–Trinajstić information content (AvgIpc) is 2.86. The van der Waals surface area contributed by atoms with Crippen LogP contribution < -0.4 is 20.5 Å². The van der Waals surface area contributed by atoms with Crippen LogP contribution in [0.3, 0.4) is 0 Å². The molecule has 170 valence electrons. The SMILES string of the molecule is CC[C@@H](N)CNc1nc(-c2cc(OCc3cccc(OC)c3)ccc2O)nc2ccccc12. The number of methoxy groups -OCH3 is 1. The molecule has 0 saturated heterocycles. The van der Waals surface area contributed by atoms with Gasteiger partial charge >= 0.3 is 0 Å². The summed E-state index contributed by atoms with van der Waals surface area (Å²) in [6.45, 7) is 3.00. The third-order valence-corrected chi connectivity index (χ3v) is 5.41. The van der Waals surface area contributed by atoms with Crippen LogP contribution in [0.25, 0.3) is 22.3 Å². The zero-order chi connectivity index (χ0) is 23.2. The molecule has 0 bridgehead atoms. The number of phenols is 1. The number of anilines is 1. The van der Waals surface area contributed by atoms with Crippen molar-refractivity contribution in [2.75, 3.05) is 19.0 Å². The number of phenolic OH excluding ortho intramolecular Hbond substituents is 1. The smallest absolute Gasteiger partial charge is 0.166 e. The minimum absolute atomic E-state index is 0.0175. The van der Waals surface area contributed by atoms with Crippen LogP contribution in [0.15, 0.2) is 66.7 Å². The Balaban J connectivity index is 1.64. The van der Waals surface area contributed by atoms with Crippen molar-refractivity contribution in [2.45, 2.75) is 26.0 Å². The van der Waals surface area contributed by atoms with Gasteiger partial charge in [-0.3, -0.25) is 0 Å². The monoisotopic (exact) mass is 444 g/mol. The van der Waals surface area contributed by atoms with Crippen LogP contribution >= 0.6 is 0 Å². The second-order valence-corrected chi connectivity index (χ2v) is 7.78. The van der Waals surface area contributed by atoms with Crippen LogP contribution in [0.5, 0.6) is 17.2 Å². The Morgan fingerprint density at radius 1 is 1.00 bits per heavy atom. The van der Waals surface area contributed by atoms with Gasteiger partial charge in [-0.25, -0.2) is 9.97 Å². The molecule has 0 aliphatic heterocycles. The quantitative estimate of drug-likeness (QED) is 0.343. The fraction of sp³-hybridized carbons (Fsp3) is 0.231. The Hall–Kier alpha value is -3.84. The zero-order valence-corrected chi connectivity index (χ0v) is 18.8. The fourth-order valence-electron chi connectivity index (χ4n) is 3.42. The van der Waals surface area contributed by atoms with E-state index in [-0.39, 0.29) is 11.8 Å². The number of nitrogens with zero attached hydrogens (tertiary/aromatic N) is 2. The van der Waals surface area contributed by atoms with Gasteiger partial charge in [-0.05, 0) is 54.4 Å². The van der Waals surface area contributed by atoms with Gasteiger partial charge in [0.15, 0.2) is 5.82 Å². The minimum atomic E-state index is 0.0175. The van der Waals surface area contributed by atoms with Crippen LogP contribution in [-0.2, 0) is 6.61 Å². The van der Waals surface area contributed by atoms with Gasteiger partial charge in [-0.1, -0.05) is 31.2 Å². The van der Waals surface area contributed by atoms with Crippen molar-refractivity contribution >= 4 is 16.7 Å². The lowest BCUT2D eigenvalue weighted by Crippen LogP contribution is -2.28. The van der Waals surface area contributed by atoms with E-state index >= 15 is 0 Å². The molecule has 3 aromatic carbocycles. The number of para-hydroxylation sites is 1. The molecular formula is C26H28N4O3. The molecular weight excluding hydrogens is 416 g/mol. The van der Waals surface area contributed by atoms with Crippen LogP contribution in [0.1, 0.15) is 18.9 Å².